The maximum absolute atomic E-state index is 11.7. The van der Waals surface area contributed by atoms with Gasteiger partial charge in [-0.2, -0.15) is 0 Å². The molecule has 0 radical (unpaired) electrons. The Labute approximate surface area is 86.3 Å². The van der Waals surface area contributed by atoms with Crippen molar-refractivity contribution in [2.45, 2.75) is 46.1 Å². The van der Waals surface area contributed by atoms with Crippen molar-refractivity contribution in [2.75, 3.05) is 7.05 Å². The molecule has 0 aliphatic heterocycles. The molecule has 1 N–H and O–H groups in total. The van der Waals surface area contributed by atoms with Crippen LogP contribution in [0.2, 0.25) is 0 Å². The fourth-order valence-electron chi connectivity index (χ4n) is 1.32. The van der Waals surface area contributed by atoms with Crippen LogP contribution in [-0.2, 0) is 9.59 Å². The summed E-state index contributed by atoms with van der Waals surface area (Å²) in [5.74, 6) is 0.442. The molecule has 14 heavy (non-hydrogen) atoms. The summed E-state index contributed by atoms with van der Waals surface area (Å²) < 4.78 is 0. The Bertz CT molecular complexity index is 201. The topological polar surface area (TPSA) is 46.2 Å². The monoisotopic (exact) mass is 199 g/mol. The third-order valence-electron chi connectivity index (χ3n) is 2.58. The highest BCUT2D eigenvalue weighted by Crippen LogP contribution is 2.09. The predicted molar refractivity (Wildman–Crippen MR) is 57.2 cm³/mol. The lowest BCUT2D eigenvalue weighted by Gasteiger charge is -2.17. The van der Waals surface area contributed by atoms with Crippen molar-refractivity contribution in [1.29, 1.82) is 0 Å². The minimum atomic E-state index is -0.158. The van der Waals surface area contributed by atoms with Crippen molar-refractivity contribution < 1.29 is 9.59 Å². The average Bonchev–Trinajstić information content (AvgIpc) is 2.16. The normalized spacial score (nSPS) is 14.9. The SMILES string of the molecule is CCC(C)C(=O)C(CCC(C)=O)NC. The van der Waals surface area contributed by atoms with Crippen molar-refractivity contribution >= 4 is 11.6 Å². The number of nitrogens with one attached hydrogen (secondary N) is 1. The fraction of sp³-hybridized carbons (Fsp3) is 0.818. The van der Waals surface area contributed by atoms with E-state index in [1.807, 2.05) is 13.8 Å². The molecule has 0 aliphatic carbocycles. The Kier molecular flexibility index (Phi) is 6.37. The zero-order valence-corrected chi connectivity index (χ0v) is 9.59. The Morgan fingerprint density at radius 1 is 1.36 bits per heavy atom. The number of likely N-dealkylation sites (N-methyl/N-ethyl adjacent to an activating group) is 1. The van der Waals surface area contributed by atoms with Gasteiger partial charge in [-0.25, -0.2) is 0 Å². The number of rotatable bonds is 7. The first-order valence-corrected chi connectivity index (χ1v) is 5.23. The van der Waals surface area contributed by atoms with Gasteiger partial charge in [-0.05, 0) is 26.8 Å². The zero-order chi connectivity index (χ0) is 11.1. The molecule has 0 bridgehead atoms. The van der Waals surface area contributed by atoms with Crippen LogP contribution >= 0.6 is 0 Å². The van der Waals surface area contributed by atoms with E-state index in [1.165, 1.54) is 0 Å². The van der Waals surface area contributed by atoms with Gasteiger partial charge in [0.15, 0.2) is 5.78 Å². The smallest absolute Gasteiger partial charge is 0.152 e. The number of carbonyl (C=O) groups excluding carboxylic acids is 2. The summed E-state index contributed by atoms with van der Waals surface area (Å²) in [6.45, 7) is 5.49. The van der Waals surface area contributed by atoms with Gasteiger partial charge in [0.1, 0.15) is 5.78 Å². The van der Waals surface area contributed by atoms with Crippen LogP contribution in [0.4, 0.5) is 0 Å². The van der Waals surface area contributed by atoms with Crippen molar-refractivity contribution in [3.8, 4) is 0 Å². The van der Waals surface area contributed by atoms with E-state index in [4.69, 9.17) is 0 Å². The molecule has 0 amide bonds. The third kappa shape index (κ3) is 4.51. The van der Waals surface area contributed by atoms with Gasteiger partial charge in [-0.1, -0.05) is 13.8 Å². The maximum atomic E-state index is 11.7. The van der Waals surface area contributed by atoms with Crippen LogP contribution in [0.25, 0.3) is 0 Å². The van der Waals surface area contributed by atoms with Gasteiger partial charge in [0.05, 0.1) is 6.04 Å². The molecule has 0 aliphatic rings. The number of hydrogen-bond acceptors (Lipinski definition) is 3. The maximum Gasteiger partial charge on any atom is 0.152 e. The Morgan fingerprint density at radius 2 is 1.93 bits per heavy atom. The van der Waals surface area contributed by atoms with Gasteiger partial charge < -0.3 is 10.1 Å². The molecule has 0 spiro atoms. The summed E-state index contributed by atoms with van der Waals surface area (Å²) in [5, 5.41) is 2.97. The van der Waals surface area contributed by atoms with Crippen molar-refractivity contribution in [3.05, 3.63) is 0 Å². The molecule has 2 atom stereocenters. The lowest BCUT2D eigenvalue weighted by atomic mass is 9.94. The first kappa shape index (κ1) is 13.3. The summed E-state index contributed by atoms with van der Waals surface area (Å²) in [5.41, 5.74) is 0. The zero-order valence-electron chi connectivity index (χ0n) is 9.59. The molecule has 0 saturated carbocycles. The molecule has 2 unspecified atom stereocenters. The summed E-state index contributed by atoms with van der Waals surface area (Å²) in [6, 6.07) is -0.158. The largest absolute Gasteiger partial charge is 0.311 e. The van der Waals surface area contributed by atoms with Crippen LogP contribution in [0.3, 0.4) is 0 Å². The van der Waals surface area contributed by atoms with E-state index in [-0.39, 0.29) is 23.5 Å². The predicted octanol–water partition coefficient (Wildman–Crippen LogP) is 1.56. The molecule has 0 fully saturated rings. The van der Waals surface area contributed by atoms with Crippen LogP contribution < -0.4 is 5.32 Å². The first-order valence-electron chi connectivity index (χ1n) is 5.23. The third-order valence-corrected chi connectivity index (χ3v) is 2.58. The van der Waals surface area contributed by atoms with Gasteiger partial charge in [0.25, 0.3) is 0 Å². The summed E-state index contributed by atoms with van der Waals surface area (Å²) >= 11 is 0. The van der Waals surface area contributed by atoms with Crippen LogP contribution in [0, 0.1) is 5.92 Å². The van der Waals surface area contributed by atoms with Gasteiger partial charge >= 0.3 is 0 Å². The Balaban J connectivity index is 4.12. The first-order chi connectivity index (χ1) is 6.52. The number of hydrogen-bond donors (Lipinski definition) is 1. The quantitative estimate of drug-likeness (QED) is 0.677. The van der Waals surface area contributed by atoms with Crippen LogP contribution in [0.1, 0.15) is 40.0 Å². The number of Topliss-reactive ketones (excluding diaryl/α,β-unsaturated/α-hetero) is 2. The summed E-state index contributed by atoms with van der Waals surface area (Å²) in [6.07, 6.45) is 1.96. The van der Waals surface area contributed by atoms with Gasteiger partial charge in [-0.3, -0.25) is 4.79 Å². The second kappa shape index (κ2) is 6.71. The minimum absolute atomic E-state index is 0.0828. The van der Waals surface area contributed by atoms with E-state index in [2.05, 4.69) is 5.32 Å². The lowest BCUT2D eigenvalue weighted by Crippen LogP contribution is -2.37. The van der Waals surface area contributed by atoms with Crippen LogP contribution in [0.15, 0.2) is 0 Å². The molecule has 3 heteroatoms. The second-order valence-corrected chi connectivity index (χ2v) is 3.79. The van der Waals surface area contributed by atoms with Crippen LogP contribution in [-0.4, -0.2) is 24.7 Å². The lowest BCUT2D eigenvalue weighted by molar-refractivity contribution is -0.124. The van der Waals surface area contributed by atoms with Gasteiger partial charge in [-0.15, -0.1) is 0 Å². The molecule has 0 heterocycles. The highest BCUT2D eigenvalue weighted by Gasteiger charge is 2.20. The standard InChI is InChI=1S/C11H21NO2/c1-5-8(2)11(14)10(12-4)7-6-9(3)13/h8,10,12H,5-7H2,1-4H3. The molecule has 82 valence electrons. The van der Waals surface area contributed by atoms with E-state index >= 15 is 0 Å². The van der Waals surface area contributed by atoms with E-state index in [9.17, 15) is 9.59 Å². The molecule has 0 rings (SSSR count). The highest BCUT2D eigenvalue weighted by atomic mass is 16.1. The number of ketones is 2. The number of carbonyl (C=O) groups is 2. The van der Waals surface area contributed by atoms with E-state index in [0.29, 0.717) is 12.8 Å². The molecular formula is C11H21NO2. The Hall–Kier alpha value is -0.700. The van der Waals surface area contributed by atoms with Crippen molar-refractivity contribution in [1.82, 2.24) is 5.32 Å². The van der Waals surface area contributed by atoms with E-state index < -0.39 is 0 Å². The summed E-state index contributed by atoms with van der Waals surface area (Å²) in [7, 11) is 1.77. The molecule has 0 aromatic carbocycles. The molecule has 0 aromatic rings. The van der Waals surface area contributed by atoms with Crippen molar-refractivity contribution in [2.24, 2.45) is 5.92 Å². The Morgan fingerprint density at radius 3 is 2.29 bits per heavy atom. The van der Waals surface area contributed by atoms with E-state index in [1.54, 1.807) is 14.0 Å². The van der Waals surface area contributed by atoms with Gasteiger partial charge in [0.2, 0.25) is 0 Å². The van der Waals surface area contributed by atoms with Crippen LogP contribution in [0.5, 0.6) is 0 Å². The highest BCUT2D eigenvalue weighted by molar-refractivity contribution is 5.86. The van der Waals surface area contributed by atoms with Crippen molar-refractivity contribution in [3.63, 3.8) is 0 Å². The summed E-state index contributed by atoms with van der Waals surface area (Å²) in [4.78, 5) is 22.5. The van der Waals surface area contributed by atoms with E-state index in [0.717, 1.165) is 6.42 Å². The molecule has 3 nitrogen and oxygen atoms in total. The minimum Gasteiger partial charge on any atom is -0.311 e. The molecule has 0 saturated heterocycles. The fourth-order valence-corrected chi connectivity index (χ4v) is 1.32. The molecule has 0 aromatic heterocycles. The van der Waals surface area contributed by atoms with Gasteiger partial charge in [0, 0.05) is 12.3 Å². The second-order valence-electron chi connectivity index (χ2n) is 3.79. The average molecular weight is 199 g/mol. The molecular weight excluding hydrogens is 178 g/mol.